The molecule has 0 aromatic rings. The Morgan fingerprint density at radius 1 is 1.62 bits per heavy atom. The van der Waals surface area contributed by atoms with Gasteiger partial charge in [-0.05, 0) is 13.8 Å². The van der Waals surface area contributed by atoms with E-state index in [4.69, 9.17) is 4.74 Å². The van der Waals surface area contributed by atoms with Crippen molar-refractivity contribution in [1.82, 2.24) is 10.2 Å². The molecule has 0 aromatic heterocycles. The van der Waals surface area contributed by atoms with E-state index in [2.05, 4.69) is 12.2 Å². The molecule has 0 aliphatic carbocycles. The third kappa shape index (κ3) is 2.70. The summed E-state index contributed by atoms with van der Waals surface area (Å²) in [7, 11) is 0. The molecular formula is C11H20N2O2S. The van der Waals surface area contributed by atoms with Crippen molar-refractivity contribution >= 4 is 17.7 Å². The van der Waals surface area contributed by atoms with Crippen molar-refractivity contribution in [1.29, 1.82) is 0 Å². The molecular weight excluding hydrogens is 224 g/mol. The highest BCUT2D eigenvalue weighted by atomic mass is 32.2. The van der Waals surface area contributed by atoms with Crippen LogP contribution in [0.25, 0.3) is 0 Å². The average Bonchev–Trinajstić information content (AvgIpc) is 2.24. The fourth-order valence-corrected chi connectivity index (χ4v) is 3.01. The Kier molecular flexibility index (Phi) is 3.77. The van der Waals surface area contributed by atoms with Crippen molar-refractivity contribution in [2.45, 2.75) is 25.5 Å². The van der Waals surface area contributed by atoms with E-state index >= 15 is 0 Å². The smallest absolute Gasteiger partial charge is 0.248 e. The number of carbonyl (C=O) groups is 1. The normalized spacial score (nSPS) is 28.6. The van der Waals surface area contributed by atoms with Crippen LogP contribution in [0.1, 0.15) is 13.8 Å². The Hall–Kier alpha value is -0.260. The van der Waals surface area contributed by atoms with Gasteiger partial charge in [0.2, 0.25) is 5.91 Å². The molecule has 2 rings (SSSR count). The van der Waals surface area contributed by atoms with Crippen LogP contribution in [0.15, 0.2) is 0 Å². The van der Waals surface area contributed by atoms with Crippen molar-refractivity contribution in [2.24, 2.45) is 0 Å². The van der Waals surface area contributed by atoms with Crippen LogP contribution in [0.2, 0.25) is 0 Å². The van der Waals surface area contributed by atoms with Crippen molar-refractivity contribution < 1.29 is 9.53 Å². The van der Waals surface area contributed by atoms with Crippen molar-refractivity contribution in [2.75, 3.05) is 37.7 Å². The number of hydrogen-bond donors (Lipinski definition) is 1. The van der Waals surface area contributed by atoms with E-state index in [0.717, 1.165) is 31.1 Å². The molecule has 1 N–H and O–H groups in total. The summed E-state index contributed by atoms with van der Waals surface area (Å²) in [6, 6.07) is 0.349. The Balaban J connectivity index is 1.78. The van der Waals surface area contributed by atoms with Crippen molar-refractivity contribution in [3.63, 3.8) is 0 Å². The first-order valence-electron chi connectivity index (χ1n) is 5.83. The molecule has 4 nitrogen and oxygen atoms in total. The van der Waals surface area contributed by atoms with Crippen LogP contribution in [-0.4, -0.2) is 60.2 Å². The SMILES string of the molecule is CC1CSCCN1C(=O)COC1(C)CNC1. The summed E-state index contributed by atoms with van der Waals surface area (Å²) in [4.78, 5) is 13.9. The molecule has 0 bridgehead atoms. The van der Waals surface area contributed by atoms with E-state index in [-0.39, 0.29) is 18.1 Å². The zero-order chi connectivity index (χ0) is 11.6. The predicted octanol–water partition coefficient (Wildman–Crippen LogP) is 0.329. The molecule has 2 aliphatic heterocycles. The molecule has 1 atom stereocenters. The van der Waals surface area contributed by atoms with Gasteiger partial charge in [-0.2, -0.15) is 11.8 Å². The Morgan fingerprint density at radius 2 is 2.38 bits per heavy atom. The lowest BCUT2D eigenvalue weighted by molar-refractivity contribution is -0.147. The molecule has 0 saturated carbocycles. The maximum Gasteiger partial charge on any atom is 0.248 e. The van der Waals surface area contributed by atoms with Gasteiger partial charge in [0.05, 0.1) is 5.60 Å². The summed E-state index contributed by atoms with van der Waals surface area (Å²) < 4.78 is 5.67. The van der Waals surface area contributed by atoms with Crippen LogP contribution in [0.3, 0.4) is 0 Å². The standard InChI is InChI=1S/C11H20N2O2S/c1-9-6-16-4-3-13(9)10(14)5-15-11(2)7-12-8-11/h9,12H,3-8H2,1-2H3. The van der Waals surface area contributed by atoms with Gasteiger partial charge in [0, 0.05) is 37.2 Å². The van der Waals surface area contributed by atoms with Crippen LogP contribution >= 0.6 is 11.8 Å². The number of carbonyl (C=O) groups excluding carboxylic acids is 1. The van der Waals surface area contributed by atoms with Gasteiger partial charge in [0.1, 0.15) is 6.61 Å². The monoisotopic (exact) mass is 244 g/mol. The summed E-state index contributed by atoms with van der Waals surface area (Å²) >= 11 is 1.92. The van der Waals surface area contributed by atoms with Gasteiger partial charge in [-0.1, -0.05) is 0 Å². The van der Waals surface area contributed by atoms with Crippen LogP contribution < -0.4 is 5.32 Å². The maximum atomic E-state index is 12.0. The molecule has 0 radical (unpaired) electrons. The quantitative estimate of drug-likeness (QED) is 0.777. The number of hydrogen-bond acceptors (Lipinski definition) is 4. The van der Waals surface area contributed by atoms with Crippen LogP contribution in [0.4, 0.5) is 0 Å². The Morgan fingerprint density at radius 3 is 2.94 bits per heavy atom. The lowest BCUT2D eigenvalue weighted by Crippen LogP contribution is -2.60. The van der Waals surface area contributed by atoms with E-state index in [1.807, 2.05) is 23.6 Å². The second kappa shape index (κ2) is 4.94. The average molecular weight is 244 g/mol. The van der Waals surface area contributed by atoms with Gasteiger partial charge in [0.15, 0.2) is 0 Å². The van der Waals surface area contributed by atoms with Gasteiger partial charge in [-0.15, -0.1) is 0 Å². The lowest BCUT2D eigenvalue weighted by Gasteiger charge is -2.40. The molecule has 2 aliphatic rings. The van der Waals surface area contributed by atoms with Crippen molar-refractivity contribution in [3.05, 3.63) is 0 Å². The molecule has 0 spiro atoms. The minimum Gasteiger partial charge on any atom is -0.363 e. The summed E-state index contributed by atoms with van der Waals surface area (Å²) in [5.74, 6) is 2.24. The molecule has 2 saturated heterocycles. The minimum absolute atomic E-state index is 0.122. The van der Waals surface area contributed by atoms with E-state index in [0.29, 0.717) is 6.04 Å². The third-order valence-corrected chi connectivity index (χ3v) is 4.42. The number of thioether (sulfide) groups is 1. The van der Waals surface area contributed by atoms with E-state index in [9.17, 15) is 4.79 Å². The van der Waals surface area contributed by atoms with Gasteiger partial charge in [-0.3, -0.25) is 4.79 Å². The predicted molar refractivity (Wildman–Crippen MR) is 65.7 cm³/mol. The van der Waals surface area contributed by atoms with Gasteiger partial charge in [0.25, 0.3) is 0 Å². The number of amides is 1. The highest BCUT2D eigenvalue weighted by Crippen LogP contribution is 2.18. The first kappa shape index (κ1) is 12.2. The lowest BCUT2D eigenvalue weighted by atomic mass is 10.0. The molecule has 16 heavy (non-hydrogen) atoms. The maximum absolute atomic E-state index is 12.0. The highest BCUT2D eigenvalue weighted by molar-refractivity contribution is 7.99. The van der Waals surface area contributed by atoms with Crippen LogP contribution in [0.5, 0.6) is 0 Å². The molecule has 5 heteroatoms. The molecule has 0 aromatic carbocycles. The second-order valence-electron chi connectivity index (χ2n) is 4.85. The number of ether oxygens (including phenoxy) is 1. The fourth-order valence-electron chi connectivity index (χ4n) is 2.00. The van der Waals surface area contributed by atoms with Crippen LogP contribution in [0, 0.1) is 0 Å². The van der Waals surface area contributed by atoms with Crippen LogP contribution in [-0.2, 0) is 9.53 Å². The zero-order valence-electron chi connectivity index (χ0n) is 9.99. The minimum atomic E-state index is -0.122. The summed E-state index contributed by atoms with van der Waals surface area (Å²) in [6.45, 7) is 6.95. The van der Waals surface area contributed by atoms with Crippen molar-refractivity contribution in [3.8, 4) is 0 Å². The van der Waals surface area contributed by atoms with Gasteiger partial charge >= 0.3 is 0 Å². The summed E-state index contributed by atoms with van der Waals surface area (Å²) in [5, 5.41) is 3.16. The van der Waals surface area contributed by atoms with Gasteiger partial charge in [-0.25, -0.2) is 0 Å². The molecule has 2 fully saturated rings. The largest absolute Gasteiger partial charge is 0.363 e. The van der Waals surface area contributed by atoms with E-state index < -0.39 is 0 Å². The van der Waals surface area contributed by atoms with E-state index in [1.165, 1.54) is 0 Å². The van der Waals surface area contributed by atoms with Gasteiger partial charge < -0.3 is 15.0 Å². The summed E-state index contributed by atoms with van der Waals surface area (Å²) in [5.41, 5.74) is -0.122. The zero-order valence-corrected chi connectivity index (χ0v) is 10.8. The first-order valence-corrected chi connectivity index (χ1v) is 6.98. The number of nitrogens with one attached hydrogen (secondary N) is 1. The molecule has 1 amide bonds. The number of rotatable bonds is 3. The fraction of sp³-hybridized carbons (Fsp3) is 0.909. The molecule has 92 valence electrons. The van der Waals surface area contributed by atoms with E-state index in [1.54, 1.807) is 0 Å². The Labute approximate surface area is 101 Å². The highest BCUT2D eigenvalue weighted by Gasteiger charge is 2.34. The third-order valence-electron chi connectivity index (χ3n) is 3.23. The number of nitrogens with zero attached hydrogens (tertiary/aromatic N) is 1. The second-order valence-corrected chi connectivity index (χ2v) is 6.00. The molecule has 2 heterocycles. The Bertz CT molecular complexity index is 269. The topological polar surface area (TPSA) is 41.6 Å². The molecule has 1 unspecified atom stereocenters. The summed E-state index contributed by atoms with van der Waals surface area (Å²) in [6.07, 6.45) is 0. The first-order chi connectivity index (χ1) is 7.61.